The molecule has 2 fully saturated rings. The molecule has 2 atom stereocenters. The molecule has 0 radical (unpaired) electrons. The van der Waals surface area contributed by atoms with E-state index in [9.17, 15) is 0 Å². The fourth-order valence-corrected chi connectivity index (χ4v) is 4.23. The Kier molecular flexibility index (Phi) is 5.30. The molecule has 2 heteroatoms. The molecule has 2 aliphatic carbocycles. The van der Waals surface area contributed by atoms with Crippen molar-refractivity contribution in [3.05, 3.63) is 0 Å². The zero-order chi connectivity index (χ0) is 13.8. The van der Waals surface area contributed by atoms with Gasteiger partial charge in [0.2, 0.25) is 0 Å². The lowest BCUT2D eigenvalue weighted by Gasteiger charge is -2.40. The molecule has 0 aromatic rings. The molecule has 0 N–H and O–H groups in total. The van der Waals surface area contributed by atoms with Crippen molar-refractivity contribution in [1.29, 1.82) is 0 Å². The highest BCUT2D eigenvalue weighted by Crippen LogP contribution is 2.41. The minimum Gasteiger partial charge on any atom is -0.379 e. The summed E-state index contributed by atoms with van der Waals surface area (Å²) in [5.74, 6) is 0.840. The van der Waals surface area contributed by atoms with E-state index in [1.807, 2.05) is 14.2 Å². The average molecular weight is 268 g/mol. The maximum Gasteiger partial charge on any atom is 0.0678 e. The summed E-state index contributed by atoms with van der Waals surface area (Å²) in [6.45, 7) is 2.28. The summed E-state index contributed by atoms with van der Waals surface area (Å²) in [5, 5.41) is 0. The minimum atomic E-state index is 0.135. The van der Waals surface area contributed by atoms with Crippen LogP contribution in [0.25, 0.3) is 0 Å². The zero-order valence-corrected chi connectivity index (χ0v) is 13.2. The van der Waals surface area contributed by atoms with Crippen molar-refractivity contribution >= 4 is 0 Å². The second kappa shape index (κ2) is 6.58. The van der Waals surface area contributed by atoms with Gasteiger partial charge < -0.3 is 9.47 Å². The normalized spacial score (nSPS) is 35.2. The van der Waals surface area contributed by atoms with Crippen molar-refractivity contribution in [3.63, 3.8) is 0 Å². The fraction of sp³-hybridized carbons (Fsp3) is 1.00. The van der Waals surface area contributed by atoms with Crippen LogP contribution in [0, 0.1) is 5.92 Å². The summed E-state index contributed by atoms with van der Waals surface area (Å²) in [5.41, 5.74) is 0.342. The number of hydrogen-bond donors (Lipinski definition) is 0. The third-order valence-electron chi connectivity index (χ3n) is 5.74. The molecule has 0 bridgehead atoms. The molecule has 0 saturated heterocycles. The second-order valence-corrected chi connectivity index (χ2v) is 7.10. The summed E-state index contributed by atoms with van der Waals surface area (Å²) in [6, 6.07) is 0. The molecule has 2 rings (SSSR count). The van der Waals surface area contributed by atoms with Gasteiger partial charge in [0.25, 0.3) is 0 Å². The first-order chi connectivity index (χ1) is 9.11. The molecular weight excluding hydrogens is 236 g/mol. The fourth-order valence-electron chi connectivity index (χ4n) is 4.23. The van der Waals surface area contributed by atoms with Gasteiger partial charge in [-0.2, -0.15) is 0 Å². The van der Waals surface area contributed by atoms with Crippen LogP contribution >= 0.6 is 0 Å². The van der Waals surface area contributed by atoms with Crippen LogP contribution in [0.3, 0.4) is 0 Å². The molecule has 0 spiro atoms. The summed E-state index contributed by atoms with van der Waals surface area (Å²) < 4.78 is 11.6. The van der Waals surface area contributed by atoms with Crippen LogP contribution in [-0.4, -0.2) is 25.4 Å². The van der Waals surface area contributed by atoms with Crippen molar-refractivity contribution < 1.29 is 9.47 Å². The molecule has 2 saturated carbocycles. The Balaban J connectivity index is 1.83. The Morgan fingerprint density at radius 3 is 2.32 bits per heavy atom. The van der Waals surface area contributed by atoms with Crippen molar-refractivity contribution in [2.75, 3.05) is 14.2 Å². The number of hydrogen-bond acceptors (Lipinski definition) is 2. The molecular formula is C17H32O2. The van der Waals surface area contributed by atoms with Gasteiger partial charge >= 0.3 is 0 Å². The Morgan fingerprint density at radius 1 is 0.947 bits per heavy atom. The zero-order valence-electron chi connectivity index (χ0n) is 13.2. The van der Waals surface area contributed by atoms with Crippen molar-refractivity contribution in [2.45, 2.75) is 88.8 Å². The van der Waals surface area contributed by atoms with Crippen LogP contribution < -0.4 is 0 Å². The highest BCUT2D eigenvalue weighted by Gasteiger charge is 2.35. The summed E-state index contributed by atoms with van der Waals surface area (Å²) in [7, 11) is 3.80. The topological polar surface area (TPSA) is 18.5 Å². The Hall–Kier alpha value is -0.0800. The summed E-state index contributed by atoms with van der Waals surface area (Å²) >= 11 is 0. The van der Waals surface area contributed by atoms with E-state index in [1.54, 1.807) is 0 Å². The first-order valence-electron chi connectivity index (χ1n) is 8.22. The van der Waals surface area contributed by atoms with Crippen molar-refractivity contribution in [2.24, 2.45) is 5.92 Å². The largest absolute Gasteiger partial charge is 0.379 e. The predicted molar refractivity (Wildman–Crippen MR) is 79.4 cm³/mol. The summed E-state index contributed by atoms with van der Waals surface area (Å²) in [6.07, 6.45) is 14.4. The number of ether oxygens (including phenoxy) is 2. The molecule has 2 nitrogen and oxygen atoms in total. The van der Waals surface area contributed by atoms with E-state index >= 15 is 0 Å². The Labute approximate surface area is 119 Å². The molecule has 0 amide bonds. The minimum absolute atomic E-state index is 0.135. The first kappa shape index (κ1) is 15.3. The van der Waals surface area contributed by atoms with Gasteiger partial charge in [-0.15, -0.1) is 0 Å². The Bertz CT molecular complexity index is 270. The van der Waals surface area contributed by atoms with Crippen LogP contribution in [0.5, 0.6) is 0 Å². The monoisotopic (exact) mass is 268 g/mol. The van der Waals surface area contributed by atoms with E-state index in [0.29, 0.717) is 0 Å². The SMILES string of the molecule is COC1(C)CCCC(CCC2(OC)CCCCC2)C1. The average Bonchev–Trinajstić information content (AvgIpc) is 2.46. The van der Waals surface area contributed by atoms with Crippen LogP contribution in [0.2, 0.25) is 0 Å². The van der Waals surface area contributed by atoms with Gasteiger partial charge in [0.1, 0.15) is 0 Å². The molecule has 19 heavy (non-hydrogen) atoms. The molecule has 0 aromatic heterocycles. The standard InChI is InChI=1S/C17H32O2/c1-16(18-2)10-7-8-15(14-16)9-13-17(19-3)11-5-4-6-12-17/h15H,4-14H2,1-3H3. The molecule has 0 aromatic carbocycles. The van der Waals surface area contributed by atoms with E-state index in [0.717, 1.165) is 5.92 Å². The highest BCUT2D eigenvalue weighted by molar-refractivity contribution is 4.88. The maximum absolute atomic E-state index is 5.92. The smallest absolute Gasteiger partial charge is 0.0678 e. The quantitative estimate of drug-likeness (QED) is 0.719. The number of rotatable bonds is 5. The van der Waals surface area contributed by atoms with Gasteiger partial charge in [-0.3, -0.25) is 0 Å². The first-order valence-corrected chi connectivity index (χ1v) is 8.22. The molecule has 2 unspecified atom stereocenters. The third kappa shape index (κ3) is 3.95. The van der Waals surface area contributed by atoms with E-state index in [2.05, 4.69) is 6.92 Å². The lowest BCUT2D eigenvalue weighted by atomic mass is 9.74. The van der Waals surface area contributed by atoms with Crippen LogP contribution in [-0.2, 0) is 9.47 Å². The van der Waals surface area contributed by atoms with Crippen molar-refractivity contribution in [1.82, 2.24) is 0 Å². The van der Waals surface area contributed by atoms with Crippen molar-refractivity contribution in [3.8, 4) is 0 Å². The van der Waals surface area contributed by atoms with E-state index in [-0.39, 0.29) is 11.2 Å². The van der Waals surface area contributed by atoms with Gasteiger partial charge in [0.05, 0.1) is 11.2 Å². The van der Waals surface area contributed by atoms with E-state index in [1.165, 1.54) is 70.6 Å². The van der Waals surface area contributed by atoms with Gasteiger partial charge in [-0.25, -0.2) is 0 Å². The predicted octanol–water partition coefficient (Wildman–Crippen LogP) is 4.71. The van der Waals surface area contributed by atoms with Gasteiger partial charge in [0.15, 0.2) is 0 Å². The lowest BCUT2D eigenvalue weighted by Crippen LogP contribution is -2.37. The summed E-state index contributed by atoms with van der Waals surface area (Å²) in [4.78, 5) is 0. The second-order valence-electron chi connectivity index (χ2n) is 7.10. The number of methoxy groups -OCH3 is 2. The molecule has 2 aliphatic rings. The van der Waals surface area contributed by atoms with Crippen LogP contribution in [0.1, 0.15) is 77.6 Å². The van der Waals surface area contributed by atoms with Gasteiger partial charge in [0, 0.05) is 14.2 Å². The van der Waals surface area contributed by atoms with Gasteiger partial charge in [-0.05, 0) is 51.4 Å². The maximum atomic E-state index is 5.92. The lowest BCUT2D eigenvalue weighted by molar-refractivity contribution is -0.0637. The third-order valence-corrected chi connectivity index (χ3v) is 5.74. The molecule has 0 aliphatic heterocycles. The van der Waals surface area contributed by atoms with Gasteiger partial charge in [-0.1, -0.05) is 32.1 Å². The highest BCUT2D eigenvalue weighted by atomic mass is 16.5. The van der Waals surface area contributed by atoms with Crippen LogP contribution in [0.4, 0.5) is 0 Å². The van der Waals surface area contributed by atoms with Crippen LogP contribution in [0.15, 0.2) is 0 Å². The Morgan fingerprint density at radius 2 is 1.68 bits per heavy atom. The van der Waals surface area contributed by atoms with E-state index < -0.39 is 0 Å². The van der Waals surface area contributed by atoms with E-state index in [4.69, 9.17) is 9.47 Å². The molecule has 0 heterocycles. The molecule has 112 valence electrons.